The molecule has 0 radical (unpaired) electrons. The Morgan fingerprint density at radius 2 is 2.00 bits per heavy atom. The lowest BCUT2D eigenvalue weighted by molar-refractivity contribution is 0.620. The third kappa shape index (κ3) is 3.38. The second-order valence-corrected chi connectivity index (χ2v) is 8.74. The Morgan fingerprint density at radius 3 is 2.71 bits per heavy atom. The molecule has 0 atom stereocenters. The van der Waals surface area contributed by atoms with Gasteiger partial charge in [0.15, 0.2) is 0 Å². The fourth-order valence-corrected chi connectivity index (χ4v) is 4.77. The molecule has 5 rings (SSSR count). The molecule has 3 aromatic heterocycles. The Bertz CT molecular complexity index is 1780. The van der Waals surface area contributed by atoms with Gasteiger partial charge in [0.25, 0.3) is 5.56 Å². The summed E-state index contributed by atoms with van der Waals surface area (Å²) in [6.07, 6.45) is 3.03. The van der Waals surface area contributed by atoms with Gasteiger partial charge in [-0.05, 0) is 37.1 Å². The maximum absolute atomic E-state index is 15.9. The number of nitrogens with zero attached hydrogens (tertiary/aromatic N) is 5. The molecule has 0 bridgehead atoms. The lowest BCUT2D eigenvalue weighted by Gasteiger charge is -2.15. The van der Waals surface area contributed by atoms with Gasteiger partial charge >= 0.3 is 0 Å². The highest BCUT2D eigenvalue weighted by atomic mass is 35.5. The summed E-state index contributed by atoms with van der Waals surface area (Å²) in [5, 5.41) is 22.9. The van der Waals surface area contributed by atoms with Crippen molar-refractivity contribution in [2.45, 2.75) is 20.4 Å². The Labute approximate surface area is 203 Å². The van der Waals surface area contributed by atoms with Gasteiger partial charge < -0.3 is 5.73 Å². The predicted octanol–water partition coefficient (Wildman–Crippen LogP) is 4.28. The molecule has 0 amide bonds. The van der Waals surface area contributed by atoms with E-state index in [1.807, 2.05) is 13.0 Å². The van der Waals surface area contributed by atoms with Crippen molar-refractivity contribution in [3.8, 4) is 28.5 Å². The molecule has 5 aromatic rings. The van der Waals surface area contributed by atoms with Crippen LogP contribution in [0.2, 0.25) is 5.02 Å². The van der Waals surface area contributed by atoms with Gasteiger partial charge in [0.1, 0.15) is 11.9 Å². The molecule has 0 unspecified atom stereocenters. The van der Waals surface area contributed by atoms with Crippen LogP contribution in [-0.4, -0.2) is 25.0 Å². The summed E-state index contributed by atoms with van der Waals surface area (Å²) in [6.45, 7) is 3.55. The minimum absolute atomic E-state index is 0.109. The molecule has 3 heterocycles. The fourth-order valence-electron chi connectivity index (χ4n) is 4.61. The average molecular weight is 488 g/mol. The Kier molecular flexibility index (Phi) is 5.35. The first-order valence-electron chi connectivity index (χ1n) is 10.7. The fraction of sp³-hybridized carbons (Fsp3) is 0.160. The third-order valence-corrected chi connectivity index (χ3v) is 6.44. The molecule has 10 heteroatoms. The number of nitrogens with two attached hydrogens (primary N) is 1. The summed E-state index contributed by atoms with van der Waals surface area (Å²) in [7, 11) is 1.68. The van der Waals surface area contributed by atoms with Crippen LogP contribution in [0.5, 0.6) is 0 Å². The maximum atomic E-state index is 15.9. The average Bonchev–Trinajstić information content (AvgIpc) is 3.21. The van der Waals surface area contributed by atoms with Gasteiger partial charge in [0.2, 0.25) is 0 Å². The van der Waals surface area contributed by atoms with Crippen molar-refractivity contribution >= 4 is 33.3 Å². The van der Waals surface area contributed by atoms with Crippen LogP contribution in [-0.2, 0) is 13.6 Å². The highest BCUT2D eigenvalue weighted by Gasteiger charge is 2.25. The first kappa shape index (κ1) is 22.7. The lowest BCUT2D eigenvalue weighted by Crippen LogP contribution is -2.14. The Morgan fingerprint density at radius 1 is 1.23 bits per heavy atom. The topological polar surface area (TPSA) is 126 Å². The van der Waals surface area contributed by atoms with Crippen LogP contribution < -0.4 is 11.3 Å². The zero-order valence-corrected chi connectivity index (χ0v) is 19.8. The van der Waals surface area contributed by atoms with Gasteiger partial charge in [-0.25, -0.2) is 9.49 Å². The number of aromatic amines is 1. The molecule has 0 saturated heterocycles. The number of nitrogens with one attached hydrogen (secondary N) is 1. The summed E-state index contributed by atoms with van der Waals surface area (Å²) >= 11 is 6.16. The van der Waals surface area contributed by atoms with Crippen LogP contribution in [0.4, 0.5) is 4.39 Å². The van der Waals surface area contributed by atoms with Crippen LogP contribution in [0.25, 0.3) is 44.1 Å². The second-order valence-electron chi connectivity index (χ2n) is 8.30. The van der Waals surface area contributed by atoms with E-state index < -0.39 is 5.82 Å². The van der Waals surface area contributed by atoms with Crippen molar-refractivity contribution in [3.05, 3.63) is 74.2 Å². The number of hydrogen-bond donors (Lipinski definition) is 2. The van der Waals surface area contributed by atoms with Crippen molar-refractivity contribution in [1.82, 2.24) is 25.0 Å². The summed E-state index contributed by atoms with van der Waals surface area (Å²) < 4.78 is 17.4. The van der Waals surface area contributed by atoms with Crippen LogP contribution in [0.1, 0.15) is 22.4 Å². The van der Waals surface area contributed by atoms with Gasteiger partial charge in [0.05, 0.1) is 44.6 Å². The van der Waals surface area contributed by atoms with E-state index in [2.05, 4.69) is 26.3 Å². The van der Waals surface area contributed by atoms with Crippen LogP contribution in [0.3, 0.4) is 0 Å². The number of benzene rings is 2. The number of H-pyrrole nitrogens is 1. The van der Waals surface area contributed by atoms with Crippen molar-refractivity contribution in [1.29, 1.82) is 5.26 Å². The van der Waals surface area contributed by atoms with Crippen LogP contribution in [0.15, 0.2) is 35.4 Å². The van der Waals surface area contributed by atoms with E-state index in [1.54, 1.807) is 32.3 Å². The van der Waals surface area contributed by atoms with E-state index in [0.717, 1.165) is 0 Å². The van der Waals surface area contributed by atoms with Gasteiger partial charge in [-0.15, -0.1) is 0 Å². The SMILES string of the molecule is Cc1c(F)c(-c2c(-c3cc(C)c4c(=O)[nH]nc(CN)c4c3)cnn2C)c(C#N)c2cc(Cl)cnc12. The highest BCUT2D eigenvalue weighted by Crippen LogP contribution is 2.41. The number of aryl methyl sites for hydroxylation is 3. The molecule has 2 aromatic carbocycles. The highest BCUT2D eigenvalue weighted by molar-refractivity contribution is 6.31. The first-order chi connectivity index (χ1) is 16.8. The number of hydrogen-bond acceptors (Lipinski definition) is 6. The minimum atomic E-state index is -0.563. The Balaban J connectivity index is 1.88. The molecule has 0 aliphatic heterocycles. The zero-order valence-electron chi connectivity index (χ0n) is 19.1. The number of aromatic nitrogens is 5. The predicted molar refractivity (Wildman–Crippen MR) is 132 cm³/mol. The normalized spacial score (nSPS) is 11.3. The van der Waals surface area contributed by atoms with E-state index in [1.165, 1.54) is 10.9 Å². The smallest absolute Gasteiger partial charge is 0.272 e. The number of rotatable bonds is 3. The summed E-state index contributed by atoms with van der Waals surface area (Å²) in [6, 6.07) is 7.38. The molecular weight excluding hydrogens is 469 g/mol. The van der Waals surface area contributed by atoms with Crippen molar-refractivity contribution in [2.75, 3.05) is 0 Å². The minimum Gasteiger partial charge on any atom is -0.325 e. The van der Waals surface area contributed by atoms with E-state index in [4.69, 9.17) is 17.3 Å². The quantitative estimate of drug-likeness (QED) is 0.391. The van der Waals surface area contributed by atoms with E-state index in [-0.39, 0.29) is 23.2 Å². The number of pyridine rings is 1. The van der Waals surface area contributed by atoms with Crippen molar-refractivity contribution < 1.29 is 4.39 Å². The molecule has 0 fully saturated rings. The van der Waals surface area contributed by atoms with E-state index >= 15 is 4.39 Å². The van der Waals surface area contributed by atoms with Crippen molar-refractivity contribution in [3.63, 3.8) is 0 Å². The van der Waals surface area contributed by atoms with E-state index in [0.29, 0.717) is 60.3 Å². The molecule has 35 heavy (non-hydrogen) atoms. The maximum Gasteiger partial charge on any atom is 0.272 e. The summed E-state index contributed by atoms with van der Waals surface area (Å²) in [5.74, 6) is -0.563. The van der Waals surface area contributed by atoms with E-state index in [9.17, 15) is 10.1 Å². The molecule has 8 nitrogen and oxygen atoms in total. The number of fused-ring (bicyclic) bond motifs is 2. The van der Waals surface area contributed by atoms with Gasteiger partial charge in [0, 0.05) is 41.7 Å². The molecule has 3 N–H and O–H groups in total. The Hall–Kier alpha value is -4.13. The largest absolute Gasteiger partial charge is 0.325 e. The zero-order chi connectivity index (χ0) is 25.0. The van der Waals surface area contributed by atoms with Gasteiger partial charge in [-0.1, -0.05) is 17.7 Å². The van der Waals surface area contributed by atoms with Crippen molar-refractivity contribution in [2.24, 2.45) is 12.8 Å². The van der Waals surface area contributed by atoms with Gasteiger partial charge in [-0.2, -0.15) is 15.5 Å². The summed E-state index contributed by atoms with van der Waals surface area (Å²) in [4.78, 5) is 16.7. The lowest BCUT2D eigenvalue weighted by atomic mass is 9.91. The number of nitriles is 1. The van der Waals surface area contributed by atoms with Gasteiger partial charge in [-0.3, -0.25) is 14.5 Å². The third-order valence-electron chi connectivity index (χ3n) is 6.24. The second kappa shape index (κ2) is 8.27. The molecule has 0 saturated carbocycles. The molecule has 174 valence electrons. The monoisotopic (exact) mass is 487 g/mol. The molecule has 0 spiro atoms. The molecule has 0 aliphatic carbocycles. The summed E-state index contributed by atoms with van der Waals surface area (Å²) in [5.41, 5.74) is 9.36. The van der Waals surface area contributed by atoms with Crippen LogP contribution >= 0.6 is 11.6 Å². The first-order valence-corrected chi connectivity index (χ1v) is 11.1. The molecule has 0 aliphatic rings. The number of halogens is 2. The van der Waals surface area contributed by atoms with Crippen LogP contribution in [0, 0.1) is 31.0 Å². The molecular formula is C25H19ClFN7O. The standard InChI is InChI=1S/C25H19ClFN7O/c1-11-4-13(5-16-19(8-29)32-33-25(35)20(11)16)18-10-31-34(3)24(18)21-17(7-28)15-6-14(26)9-30-23(15)12(2)22(21)27/h4-6,9-10H,8,29H2,1-3H3,(H,33,35).